The lowest BCUT2D eigenvalue weighted by Crippen LogP contribution is -2.25. The highest BCUT2D eigenvalue weighted by molar-refractivity contribution is 5.43. The van der Waals surface area contributed by atoms with Crippen molar-refractivity contribution in [3.63, 3.8) is 0 Å². The maximum atomic E-state index is 9.77. The van der Waals surface area contributed by atoms with Crippen molar-refractivity contribution < 1.29 is 9.84 Å². The van der Waals surface area contributed by atoms with Gasteiger partial charge in [0.1, 0.15) is 5.75 Å². The minimum atomic E-state index is -0.713. The average Bonchev–Trinajstić information content (AvgIpc) is 2.39. The van der Waals surface area contributed by atoms with Gasteiger partial charge in [-0.15, -0.1) is 0 Å². The minimum Gasteiger partial charge on any atom is -0.465 e. The van der Waals surface area contributed by atoms with Crippen molar-refractivity contribution in [1.82, 2.24) is 0 Å². The van der Waals surface area contributed by atoms with Crippen LogP contribution in [0.1, 0.15) is 23.5 Å². The molecule has 2 aromatic carbocycles. The van der Waals surface area contributed by atoms with Crippen molar-refractivity contribution in [2.45, 2.75) is 18.6 Å². The summed E-state index contributed by atoms with van der Waals surface area (Å²) in [5.74, 6) is 1.01. The Bertz CT molecular complexity index is 507. The van der Waals surface area contributed by atoms with Crippen molar-refractivity contribution in [2.24, 2.45) is 0 Å². The predicted octanol–water partition coefficient (Wildman–Crippen LogP) is 2.92. The van der Waals surface area contributed by atoms with E-state index in [0.29, 0.717) is 6.42 Å². The van der Waals surface area contributed by atoms with Gasteiger partial charge in [-0.1, -0.05) is 48.5 Å². The lowest BCUT2D eigenvalue weighted by Gasteiger charge is -2.29. The second-order valence-corrected chi connectivity index (χ2v) is 4.31. The molecule has 2 aromatic rings. The van der Waals surface area contributed by atoms with E-state index in [1.807, 2.05) is 36.4 Å². The molecule has 1 unspecified atom stereocenters. The Hall–Kier alpha value is -1.80. The Morgan fingerprint density at radius 1 is 0.941 bits per heavy atom. The second kappa shape index (κ2) is 4.22. The molecule has 17 heavy (non-hydrogen) atoms. The molecule has 0 aromatic heterocycles. The molecule has 1 N–H and O–H groups in total. The maximum absolute atomic E-state index is 9.77. The first-order valence-electron chi connectivity index (χ1n) is 5.83. The summed E-state index contributed by atoms with van der Waals surface area (Å²) >= 11 is 0. The van der Waals surface area contributed by atoms with E-state index in [2.05, 4.69) is 18.2 Å². The molecule has 1 aliphatic heterocycles. The van der Waals surface area contributed by atoms with Crippen LogP contribution in [0.5, 0.6) is 5.75 Å². The van der Waals surface area contributed by atoms with E-state index in [-0.39, 0.29) is 5.92 Å². The van der Waals surface area contributed by atoms with Gasteiger partial charge in [0.15, 0.2) is 6.29 Å². The van der Waals surface area contributed by atoms with Crippen molar-refractivity contribution in [2.75, 3.05) is 0 Å². The maximum Gasteiger partial charge on any atom is 0.198 e. The predicted molar refractivity (Wildman–Crippen MR) is 66.0 cm³/mol. The molecule has 3 rings (SSSR count). The summed E-state index contributed by atoms with van der Waals surface area (Å²) in [6, 6.07) is 18.2. The number of hydrogen-bond acceptors (Lipinski definition) is 2. The molecule has 2 heteroatoms. The largest absolute Gasteiger partial charge is 0.465 e. The highest BCUT2D eigenvalue weighted by Gasteiger charge is 2.27. The third-order valence-electron chi connectivity index (χ3n) is 3.20. The van der Waals surface area contributed by atoms with Gasteiger partial charge in [-0.3, -0.25) is 0 Å². The molecule has 1 aliphatic rings. The SMILES string of the molecule is O[C@H]1CC(c2ccccc2)c2ccccc2O1. The summed E-state index contributed by atoms with van der Waals surface area (Å²) in [6.07, 6.45) is -0.101. The molecule has 0 radical (unpaired) electrons. The summed E-state index contributed by atoms with van der Waals surface area (Å²) in [5, 5.41) is 9.77. The lowest BCUT2D eigenvalue weighted by molar-refractivity contribution is -0.0359. The fourth-order valence-electron chi connectivity index (χ4n) is 2.40. The zero-order valence-corrected chi connectivity index (χ0v) is 9.41. The monoisotopic (exact) mass is 226 g/mol. The van der Waals surface area contributed by atoms with Crippen LogP contribution in [-0.4, -0.2) is 11.4 Å². The van der Waals surface area contributed by atoms with Crippen LogP contribution < -0.4 is 4.74 Å². The van der Waals surface area contributed by atoms with E-state index in [1.54, 1.807) is 0 Å². The van der Waals surface area contributed by atoms with Gasteiger partial charge in [-0.05, 0) is 11.6 Å². The second-order valence-electron chi connectivity index (χ2n) is 4.31. The molecule has 0 saturated heterocycles. The highest BCUT2D eigenvalue weighted by Crippen LogP contribution is 2.39. The van der Waals surface area contributed by atoms with Crippen LogP contribution in [0.2, 0.25) is 0 Å². The van der Waals surface area contributed by atoms with Crippen LogP contribution in [0.3, 0.4) is 0 Å². The Balaban J connectivity index is 2.07. The first-order chi connectivity index (χ1) is 8.34. The van der Waals surface area contributed by atoms with Crippen LogP contribution in [0.15, 0.2) is 54.6 Å². The Morgan fingerprint density at radius 2 is 1.65 bits per heavy atom. The van der Waals surface area contributed by atoms with Gasteiger partial charge in [0.25, 0.3) is 0 Å². The molecule has 0 fully saturated rings. The fraction of sp³-hybridized carbons (Fsp3) is 0.200. The Labute approximate surface area is 100 Å². The van der Waals surface area contributed by atoms with Gasteiger partial charge in [-0.2, -0.15) is 0 Å². The third kappa shape index (κ3) is 1.92. The van der Waals surface area contributed by atoms with Crippen molar-refractivity contribution >= 4 is 0 Å². The summed E-state index contributed by atoms with van der Waals surface area (Å²) in [6.45, 7) is 0. The summed E-state index contributed by atoms with van der Waals surface area (Å²) in [5.41, 5.74) is 2.38. The first kappa shape index (κ1) is 10.4. The van der Waals surface area contributed by atoms with Crippen LogP contribution in [0.4, 0.5) is 0 Å². The molecule has 0 saturated carbocycles. The number of fused-ring (bicyclic) bond motifs is 1. The summed E-state index contributed by atoms with van der Waals surface area (Å²) in [7, 11) is 0. The third-order valence-corrected chi connectivity index (χ3v) is 3.20. The van der Waals surface area contributed by atoms with Gasteiger partial charge < -0.3 is 9.84 Å². The van der Waals surface area contributed by atoms with E-state index in [9.17, 15) is 5.11 Å². The van der Waals surface area contributed by atoms with Gasteiger partial charge in [-0.25, -0.2) is 0 Å². The Kier molecular flexibility index (Phi) is 2.57. The fourth-order valence-corrected chi connectivity index (χ4v) is 2.40. The smallest absolute Gasteiger partial charge is 0.198 e. The molecule has 0 spiro atoms. The molecular weight excluding hydrogens is 212 g/mol. The van der Waals surface area contributed by atoms with Gasteiger partial charge in [0.2, 0.25) is 0 Å². The van der Waals surface area contributed by atoms with E-state index in [1.165, 1.54) is 5.56 Å². The van der Waals surface area contributed by atoms with Crippen molar-refractivity contribution in [3.05, 3.63) is 65.7 Å². The quantitative estimate of drug-likeness (QED) is 0.810. The van der Waals surface area contributed by atoms with E-state index in [4.69, 9.17) is 4.74 Å². The molecule has 0 bridgehead atoms. The average molecular weight is 226 g/mol. The molecular formula is C15H14O2. The van der Waals surface area contributed by atoms with Crippen LogP contribution in [0.25, 0.3) is 0 Å². The number of ether oxygens (including phenoxy) is 1. The van der Waals surface area contributed by atoms with Crippen molar-refractivity contribution in [3.8, 4) is 5.75 Å². The molecule has 1 heterocycles. The van der Waals surface area contributed by atoms with Crippen LogP contribution in [-0.2, 0) is 0 Å². The molecule has 2 atom stereocenters. The number of benzene rings is 2. The van der Waals surface area contributed by atoms with E-state index in [0.717, 1.165) is 11.3 Å². The zero-order valence-electron chi connectivity index (χ0n) is 9.41. The molecule has 86 valence electrons. The zero-order chi connectivity index (χ0) is 11.7. The normalized spacial score (nSPS) is 22.6. The number of aliphatic hydroxyl groups is 1. The van der Waals surface area contributed by atoms with E-state index < -0.39 is 6.29 Å². The highest BCUT2D eigenvalue weighted by atomic mass is 16.6. The van der Waals surface area contributed by atoms with Gasteiger partial charge in [0, 0.05) is 17.9 Å². The Morgan fingerprint density at radius 3 is 2.47 bits per heavy atom. The molecule has 0 aliphatic carbocycles. The summed E-state index contributed by atoms with van der Waals surface area (Å²) in [4.78, 5) is 0. The molecule has 0 amide bonds. The molecule has 2 nitrogen and oxygen atoms in total. The number of rotatable bonds is 1. The first-order valence-corrected chi connectivity index (χ1v) is 5.83. The minimum absolute atomic E-state index is 0.219. The number of aliphatic hydroxyl groups excluding tert-OH is 1. The standard InChI is InChI=1S/C15H14O2/c16-15-10-13(11-6-2-1-3-7-11)12-8-4-5-9-14(12)17-15/h1-9,13,15-16H,10H2/t13?,15-/m1/s1. The number of para-hydroxylation sites is 1. The summed E-state index contributed by atoms with van der Waals surface area (Å²) < 4.78 is 5.44. The van der Waals surface area contributed by atoms with E-state index >= 15 is 0 Å². The van der Waals surface area contributed by atoms with Gasteiger partial charge in [0.05, 0.1) is 0 Å². The van der Waals surface area contributed by atoms with Crippen LogP contribution in [0, 0.1) is 0 Å². The van der Waals surface area contributed by atoms with Crippen LogP contribution >= 0.6 is 0 Å². The number of hydrogen-bond donors (Lipinski definition) is 1. The van der Waals surface area contributed by atoms with Gasteiger partial charge >= 0.3 is 0 Å². The van der Waals surface area contributed by atoms with Crippen molar-refractivity contribution in [1.29, 1.82) is 0 Å². The topological polar surface area (TPSA) is 29.5 Å². The lowest BCUT2D eigenvalue weighted by atomic mass is 9.86.